The molecule has 7 heteroatoms. The first-order chi connectivity index (χ1) is 11.6. The Balaban J connectivity index is 0.00000182. The van der Waals surface area contributed by atoms with E-state index in [1.165, 1.54) is 18.4 Å². The second kappa shape index (κ2) is 7.92. The number of nitrogens with zero attached hydrogens (tertiary/aromatic N) is 2. The van der Waals surface area contributed by atoms with Gasteiger partial charge in [-0.15, -0.1) is 12.4 Å². The monoisotopic (exact) mass is 385 g/mol. The fourth-order valence-electron chi connectivity index (χ4n) is 4.45. The molecule has 0 amide bonds. The molecule has 0 bridgehead atoms. The van der Waals surface area contributed by atoms with Crippen molar-refractivity contribution in [1.82, 2.24) is 13.9 Å². The topological polar surface area (TPSA) is 52.7 Å². The molecule has 3 aliphatic rings. The van der Waals surface area contributed by atoms with Crippen molar-refractivity contribution in [1.29, 1.82) is 0 Å². The number of halogens is 1. The first kappa shape index (κ1) is 19.1. The average Bonchev–Trinajstić information content (AvgIpc) is 3.16. The Labute approximate surface area is 157 Å². The van der Waals surface area contributed by atoms with Crippen molar-refractivity contribution in [2.45, 2.75) is 44.7 Å². The zero-order valence-electron chi connectivity index (χ0n) is 14.6. The van der Waals surface area contributed by atoms with E-state index in [2.05, 4.69) is 17.4 Å². The van der Waals surface area contributed by atoms with Crippen LogP contribution in [0.3, 0.4) is 0 Å². The van der Waals surface area contributed by atoms with Crippen LogP contribution < -0.4 is 5.32 Å². The summed E-state index contributed by atoms with van der Waals surface area (Å²) in [5.74, 6) is 0.640. The van der Waals surface area contributed by atoms with Crippen LogP contribution in [0, 0.1) is 5.92 Å². The highest BCUT2D eigenvalue weighted by Crippen LogP contribution is 2.29. The molecule has 2 fully saturated rings. The molecule has 140 valence electrons. The normalized spacial score (nSPS) is 26.2. The summed E-state index contributed by atoms with van der Waals surface area (Å²) in [6, 6.07) is 8.80. The van der Waals surface area contributed by atoms with Gasteiger partial charge in [-0.1, -0.05) is 24.3 Å². The van der Waals surface area contributed by atoms with Crippen LogP contribution in [-0.2, 0) is 23.2 Å². The Hall–Kier alpha value is -0.660. The van der Waals surface area contributed by atoms with Crippen LogP contribution in [0.2, 0.25) is 0 Å². The largest absolute Gasteiger partial charge is 0.314 e. The quantitative estimate of drug-likeness (QED) is 0.867. The summed E-state index contributed by atoms with van der Waals surface area (Å²) >= 11 is 0. The smallest absolute Gasteiger partial charge is 0.282 e. The molecule has 2 saturated heterocycles. The fraction of sp³-hybridized carbons (Fsp3) is 0.667. The lowest BCUT2D eigenvalue weighted by atomic mass is 9.89. The second-order valence-electron chi connectivity index (χ2n) is 7.30. The van der Waals surface area contributed by atoms with Crippen molar-refractivity contribution in [2.24, 2.45) is 5.92 Å². The lowest BCUT2D eigenvalue weighted by Gasteiger charge is -2.38. The van der Waals surface area contributed by atoms with Gasteiger partial charge in [0.2, 0.25) is 0 Å². The van der Waals surface area contributed by atoms with Gasteiger partial charge in [0.15, 0.2) is 0 Å². The number of rotatable bonds is 3. The van der Waals surface area contributed by atoms with Crippen LogP contribution in [-0.4, -0.2) is 49.2 Å². The number of benzene rings is 1. The van der Waals surface area contributed by atoms with Crippen molar-refractivity contribution < 1.29 is 8.42 Å². The molecule has 0 aromatic heterocycles. The van der Waals surface area contributed by atoms with E-state index in [4.69, 9.17) is 0 Å². The molecule has 0 aliphatic carbocycles. The molecule has 3 heterocycles. The van der Waals surface area contributed by atoms with Gasteiger partial charge in [-0.25, -0.2) is 0 Å². The van der Waals surface area contributed by atoms with E-state index >= 15 is 0 Å². The van der Waals surface area contributed by atoms with E-state index in [-0.39, 0.29) is 12.4 Å². The molecule has 1 unspecified atom stereocenters. The van der Waals surface area contributed by atoms with Gasteiger partial charge in [0.1, 0.15) is 0 Å². The minimum atomic E-state index is -3.33. The van der Waals surface area contributed by atoms with Crippen LogP contribution in [0.15, 0.2) is 24.3 Å². The molecule has 1 aromatic carbocycles. The summed E-state index contributed by atoms with van der Waals surface area (Å²) in [5, 5.41) is 3.58. The molecule has 0 spiro atoms. The van der Waals surface area contributed by atoms with Crippen LogP contribution >= 0.6 is 12.4 Å². The Morgan fingerprint density at radius 1 is 0.960 bits per heavy atom. The average molecular weight is 386 g/mol. The number of piperidine rings is 1. The second-order valence-corrected chi connectivity index (χ2v) is 9.23. The minimum absolute atomic E-state index is 0. The molecule has 4 rings (SSSR count). The van der Waals surface area contributed by atoms with Crippen molar-refractivity contribution >= 4 is 22.6 Å². The molecule has 1 N–H and O–H groups in total. The van der Waals surface area contributed by atoms with E-state index < -0.39 is 10.2 Å². The van der Waals surface area contributed by atoms with Crippen molar-refractivity contribution in [2.75, 3.05) is 26.2 Å². The summed E-state index contributed by atoms with van der Waals surface area (Å²) in [6.45, 7) is 3.58. The van der Waals surface area contributed by atoms with Crippen molar-refractivity contribution in [3.8, 4) is 0 Å². The third kappa shape index (κ3) is 3.88. The maximum Gasteiger partial charge on any atom is 0.282 e. The van der Waals surface area contributed by atoms with Crippen LogP contribution in [0.5, 0.6) is 0 Å². The molecule has 3 aliphatic heterocycles. The minimum Gasteiger partial charge on any atom is -0.314 e. The molecule has 1 aromatic rings. The molecule has 1 atom stereocenters. The van der Waals surface area contributed by atoms with Crippen molar-refractivity contribution in [3.05, 3.63) is 35.4 Å². The molecule has 0 saturated carbocycles. The highest BCUT2D eigenvalue weighted by Gasteiger charge is 2.36. The predicted molar refractivity (Wildman–Crippen MR) is 102 cm³/mol. The maximum atomic E-state index is 13.0. The van der Waals surface area contributed by atoms with Gasteiger partial charge in [-0.3, -0.25) is 0 Å². The van der Waals surface area contributed by atoms with E-state index in [0.29, 0.717) is 38.1 Å². The predicted octanol–water partition coefficient (Wildman–Crippen LogP) is 2.18. The standard InChI is InChI=1S/C18H27N3O2S.ClH/c22-24(23,21-13-7-15-4-1-2-5-17(15)14-21)20-11-8-16(9-12-20)18-6-3-10-19-18;/h1-2,4-5,16,18-19H,3,6-14H2;1H. The summed E-state index contributed by atoms with van der Waals surface area (Å²) in [5.41, 5.74) is 2.44. The maximum absolute atomic E-state index is 13.0. The molecule has 0 radical (unpaired) electrons. The summed E-state index contributed by atoms with van der Waals surface area (Å²) in [7, 11) is -3.33. The highest BCUT2D eigenvalue weighted by atomic mass is 35.5. The summed E-state index contributed by atoms with van der Waals surface area (Å²) < 4.78 is 29.4. The highest BCUT2D eigenvalue weighted by molar-refractivity contribution is 7.86. The number of fused-ring (bicyclic) bond motifs is 1. The third-order valence-electron chi connectivity index (χ3n) is 5.91. The van der Waals surface area contributed by atoms with Gasteiger partial charge in [0, 0.05) is 32.2 Å². The van der Waals surface area contributed by atoms with E-state index in [0.717, 1.165) is 31.4 Å². The number of hydrogen-bond donors (Lipinski definition) is 1. The first-order valence-corrected chi connectivity index (χ1v) is 10.6. The van der Waals surface area contributed by atoms with Gasteiger partial charge < -0.3 is 5.32 Å². The Morgan fingerprint density at radius 3 is 2.36 bits per heavy atom. The lowest BCUT2D eigenvalue weighted by Crippen LogP contribution is -2.50. The molecule has 25 heavy (non-hydrogen) atoms. The van der Waals surface area contributed by atoms with Crippen LogP contribution in [0.4, 0.5) is 0 Å². The Bertz CT molecular complexity index is 683. The van der Waals surface area contributed by atoms with Gasteiger partial charge in [-0.05, 0) is 55.7 Å². The number of nitrogens with one attached hydrogen (secondary N) is 1. The third-order valence-corrected chi connectivity index (χ3v) is 7.90. The zero-order chi connectivity index (χ0) is 16.6. The van der Waals surface area contributed by atoms with Crippen LogP contribution in [0.25, 0.3) is 0 Å². The van der Waals surface area contributed by atoms with E-state index in [1.54, 1.807) is 8.61 Å². The molecular formula is C18H28ClN3O2S. The summed E-state index contributed by atoms with van der Waals surface area (Å²) in [4.78, 5) is 0. The van der Waals surface area contributed by atoms with E-state index in [9.17, 15) is 8.42 Å². The molecular weight excluding hydrogens is 358 g/mol. The van der Waals surface area contributed by atoms with Gasteiger partial charge in [0.05, 0.1) is 0 Å². The SMILES string of the molecule is Cl.O=S(=O)(N1CCC(C2CCCN2)CC1)N1CCc2ccccc2C1. The Morgan fingerprint density at radius 2 is 1.68 bits per heavy atom. The van der Waals surface area contributed by atoms with Gasteiger partial charge in [0.25, 0.3) is 10.2 Å². The van der Waals surface area contributed by atoms with Crippen LogP contribution in [0.1, 0.15) is 36.8 Å². The van der Waals surface area contributed by atoms with E-state index in [1.807, 2.05) is 12.1 Å². The fourth-order valence-corrected chi connectivity index (χ4v) is 6.08. The lowest BCUT2D eigenvalue weighted by molar-refractivity contribution is 0.220. The zero-order valence-corrected chi connectivity index (χ0v) is 16.2. The van der Waals surface area contributed by atoms with Gasteiger partial charge in [-0.2, -0.15) is 17.0 Å². The number of hydrogen-bond acceptors (Lipinski definition) is 3. The first-order valence-electron chi connectivity index (χ1n) is 9.20. The Kier molecular flexibility index (Phi) is 6.06. The van der Waals surface area contributed by atoms with Crippen molar-refractivity contribution in [3.63, 3.8) is 0 Å². The van der Waals surface area contributed by atoms with Gasteiger partial charge >= 0.3 is 0 Å². The summed E-state index contributed by atoms with van der Waals surface area (Å²) in [6.07, 6.45) is 5.30. The molecule has 5 nitrogen and oxygen atoms in total.